The number of benzene rings is 2. The summed E-state index contributed by atoms with van der Waals surface area (Å²) in [6, 6.07) is 11.8. The normalized spacial score (nSPS) is 10.5. The van der Waals surface area contributed by atoms with E-state index in [0.29, 0.717) is 11.4 Å². The second kappa shape index (κ2) is 6.41. The number of aromatic amines is 2. The van der Waals surface area contributed by atoms with Gasteiger partial charge in [-0.1, -0.05) is 18.2 Å². The van der Waals surface area contributed by atoms with Gasteiger partial charge in [0.2, 0.25) is 5.91 Å². The maximum Gasteiger partial charge on any atom is 0.270 e. The highest BCUT2D eigenvalue weighted by atomic mass is 16.5. The second-order valence-electron chi connectivity index (χ2n) is 5.21. The van der Waals surface area contributed by atoms with Gasteiger partial charge in [-0.2, -0.15) is 0 Å². The molecular weight excluding hydrogens is 310 g/mol. The number of ether oxygens (including phenoxy) is 1. The van der Waals surface area contributed by atoms with Gasteiger partial charge < -0.3 is 10.1 Å². The van der Waals surface area contributed by atoms with Crippen molar-refractivity contribution in [3.63, 3.8) is 0 Å². The van der Waals surface area contributed by atoms with Crippen molar-refractivity contribution < 1.29 is 9.53 Å². The highest BCUT2D eigenvalue weighted by Crippen LogP contribution is 2.19. The smallest absolute Gasteiger partial charge is 0.270 e. The van der Waals surface area contributed by atoms with Crippen LogP contribution in [0.25, 0.3) is 10.8 Å². The number of H-pyrrole nitrogens is 2. The van der Waals surface area contributed by atoms with E-state index in [4.69, 9.17) is 4.74 Å². The van der Waals surface area contributed by atoms with Gasteiger partial charge in [0.15, 0.2) is 0 Å². The first-order valence-corrected chi connectivity index (χ1v) is 7.25. The van der Waals surface area contributed by atoms with Crippen LogP contribution in [-0.4, -0.2) is 23.2 Å². The van der Waals surface area contributed by atoms with E-state index in [-0.39, 0.29) is 23.1 Å². The number of amides is 1. The molecule has 1 amide bonds. The second-order valence-corrected chi connectivity index (χ2v) is 5.21. The van der Waals surface area contributed by atoms with Crippen LogP contribution in [0.4, 0.5) is 5.69 Å². The van der Waals surface area contributed by atoms with Crippen LogP contribution in [0.2, 0.25) is 0 Å². The average Bonchev–Trinajstić information content (AvgIpc) is 2.59. The van der Waals surface area contributed by atoms with Crippen LogP contribution in [0.5, 0.6) is 5.75 Å². The van der Waals surface area contributed by atoms with Crippen molar-refractivity contribution in [3.8, 4) is 5.75 Å². The molecule has 0 saturated heterocycles. The van der Waals surface area contributed by atoms with Crippen LogP contribution in [0.15, 0.2) is 52.1 Å². The molecule has 24 heavy (non-hydrogen) atoms. The highest BCUT2D eigenvalue weighted by molar-refractivity contribution is 5.95. The van der Waals surface area contributed by atoms with Crippen molar-refractivity contribution in [2.45, 2.75) is 6.42 Å². The van der Waals surface area contributed by atoms with E-state index in [1.54, 1.807) is 19.2 Å². The number of rotatable bonds is 4. The molecule has 0 atom stereocenters. The van der Waals surface area contributed by atoms with E-state index < -0.39 is 11.1 Å². The molecule has 0 fully saturated rings. The van der Waals surface area contributed by atoms with Crippen LogP contribution in [-0.2, 0) is 11.2 Å². The van der Waals surface area contributed by atoms with Crippen molar-refractivity contribution in [3.05, 3.63) is 68.7 Å². The van der Waals surface area contributed by atoms with E-state index in [0.717, 1.165) is 5.56 Å². The number of nitrogens with one attached hydrogen (secondary N) is 3. The Morgan fingerprint density at radius 1 is 1.04 bits per heavy atom. The molecule has 3 N–H and O–H groups in total. The van der Waals surface area contributed by atoms with Gasteiger partial charge in [-0.25, -0.2) is 0 Å². The molecule has 0 aliphatic carbocycles. The van der Waals surface area contributed by atoms with Crippen LogP contribution in [0.1, 0.15) is 5.56 Å². The summed E-state index contributed by atoms with van der Waals surface area (Å²) in [5.41, 5.74) is 0.382. The number of anilines is 1. The van der Waals surface area contributed by atoms with Gasteiger partial charge in [0, 0.05) is 11.3 Å². The van der Waals surface area contributed by atoms with Crippen molar-refractivity contribution in [2.75, 3.05) is 12.4 Å². The Morgan fingerprint density at radius 3 is 2.50 bits per heavy atom. The lowest BCUT2D eigenvalue weighted by Gasteiger charge is -2.09. The van der Waals surface area contributed by atoms with Crippen LogP contribution in [0, 0.1) is 0 Å². The van der Waals surface area contributed by atoms with Crippen molar-refractivity contribution in [1.29, 1.82) is 0 Å². The summed E-state index contributed by atoms with van der Waals surface area (Å²) >= 11 is 0. The summed E-state index contributed by atoms with van der Waals surface area (Å²) in [6.07, 6.45) is 0.133. The third-order valence-corrected chi connectivity index (χ3v) is 3.63. The first-order valence-electron chi connectivity index (χ1n) is 7.25. The zero-order chi connectivity index (χ0) is 17.1. The van der Waals surface area contributed by atoms with Crippen LogP contribution < -0.4 is 21.2 Å². The molecule has 7 heteroatoms. The Hall–Kier alpha value is -3.35. The predicted molar refractivity (Wildman–Crippen MR) is 90.5 cm³/mol. The number of carbonyl (C=O) groups is 1. The largest absolute Gasteiger partial charge is 0.496 e. The minimum absolute atomic E-state index is 0.133. The molecule has 122 valence electrons. The standard InChI is InChI=1S/C17H15N3O4/c1-24-14-5-3-2-4-10(14)8-15(21)18-11-6-7-12-13(9-11)17(23)20-19-16(12)22/h2-7,9H,8H2,1H3,(H,18,21)(H,19,22)(H,20,23). The lowest BCUT2D eigenvalue weighted by atomic mass is 10.1. The van der Waals surface area contributed by atoms with Gasteiger partial charge in [-0.15, -0.1) is 0 Å². The minimum atomic E-state index is -0.426. The number of para-hydroxylation sites is 1. The van der Waals surface area contributed by atoms with Crippen LogP contribution >= 0.6 is 0 Å². The molecule has 0 spiro atoms. The fourth-order valence-corrected chi connectivity index (χ4v) is 2.48. The summed E-state index contributed by atoms with van der Waals surface area (Å²) in [7, 11) is 1.55. The van der Waals surface area contributed by atoms with Crippen molar-refractivity contribution in [2.24, 2.45) is 0 Å². The minimum Gasteiger partial charge on any atom is -0.496 e. The molecule has 3 aromatic rings. The fraction of sp³-hybridized carbons (Fsp3) is 0.118. The Bertz CT molecular complexity index is 1020. The Morgan fingerprint density at radius 2 is 1.75 bits per heavy atom. The molecule has 1 aromatic heterocycles. The lowest BCUT2D eigenvalue weighted by Crippen LogP contribution is -2.20. The molecule has 0 unspecified atom stereocenters. The zero-order valence-corrected chi connectivity index (χ0v) is 12.9. The SMILES string of the molecule is COc1ccccc1CC(=O)Nc1ccc2c(=O)[nH][nH]c(=O)c2c1. The number of hydrogen-bond donors (Lipinski definition) is 3. The summed E-state index contributed by atoms with van der Waals surface area (Å²) < 4.78 is 5.22. The van der Waals surface area contributed by atoms with E-state index in [1.807, 2.05) is 18.2 Å². The molecule has 7 nitrogen and oxygen atoms in total. The first kappa shape index (κ1) is 15.5. The number of methoxy groups -OCH3 is 1. The number of carbonyl (C=O) groups excluding carboxylic acids is 1. The summed E-state index contributed by atoms with van der Waals surface area (Å²) in [5.74, 6) is 0.384. The molecule has 1 heterocycles. The average molecular weight is 325 g/mol. The number of fused-ring (bicyclic) bond motifs is 1. The first-order chi connectivity index (χ1) is 11.6. The molecule has 0 aliphatic rings. The van der Waals surface area contributed by atoms with Crippen LogP contribution in [0.3, 0.4) is 0 Å². The third kappa shape index (κ3) is 3.05. The van der Waals surface area contributed by atoms with E-state index in [2.05, 4.69) is 15.5 Å². The molecule has 2 aromatic carbocycles. The molecule has 0 bridgehead atoms. The van der Waals surface area contributed by atoms with E-state index >= 15 is 0 Å². The fourth-order valence-electron chi connectivity index (χ4n) is 2.48. The monoisotopic (exact) mass is 325 g/mol. The Kier molecular flexibility index (Phi) is 4.15. The third-order valence-electron chi connectivity index (χ3n) is 3.63. The summed E-state index contributed by atoms with van der Waals surface area (Å²) in [5, 5.41) is 7.71. The van der Waals surface area contributed by atoms with Crippen molar-refractivity contribution in [1.82, 2.24) is 10.2 Å². The van der Waals surface area contributed by atoms with Gasteiger partial charge in [0.25, 0.3) is 11.1 Å². The number of hydrogen-bond acceptors (Lipinski definition) is 4. The highest BCUT2D eigenvalue weighted by Gasteiger charge is 2.10. The molecule has 3 rings (SSSR count). The van der Waals surface area contributed by atoms with Gasteiger partial charge in [0.1, 0.15) is 5.75 Å². The van der Waals surface area contributed by atoms with E-state index in [1.165, 1.54) is 12.1 Å². The van der Waals surface area contributed by atoms with Gasteiger partial charge >= 0.3 is 0 Å². The van der Waals surface area contributed by atoms with E-state index in [9.17, 15) is 14.4 Å². The van der Waals surface area contributed by atoms with Crippen molar-refractivity contribution >= 4 is 22.4 Å². The molecule has 0 radical (unpaired) electrons. The summed E-state index contributed by atoms with van der Waals surface area (Å²) in [4.78, 5) is 35.7. The van der Waals surface area contributed by atoms with Gasteiger partial charge in [-0.3, -0.25) is 24.6 Å². The Balaban J connectivity index is 1.84. The summed E-state index contributed by atoms with van der Waals surface area (Å²) in [6.45, 7) is 0. The quantitative estimate of drug-likeness (QED) is 0.674. The zero-order valence-electron chi connectivity index (χ0n) is 12.9. The van der Waals surface area contributed by atoms with Gasteiger partial charge in [-0.05, 0) is 24.3 Å². The number of aromatic nitrogens is 2. The van der Waals surface area contributed by atoms with Gasteiger partial charge in [0.05, 0.1) is 24.3 Å². The molecule has 0 aliphatic heterocycles. The lowest BCUT2D eigenvalue weighted by molar-refractivity contribution is -0.115. The maximum atomic E-state index is 12.2. The topological polar surface area (TPSA) is 104 Å². The molecular formula is C17H15N3O4. The Labute approximate surface area is 136 Å². The predicted octanol–water partition coefficient (Wildman–Crippen LogP) is 1.41. The molecule has 0 saturated carbocycles. The maximum absolute atomic E-state index is 12.2.